The summed E-state index contributed by atoms with van der Waals surface area (Å²) >= 11 is 0. The minimum atomic E-state index is 0.470. The van der Waals surface area contributed by atoms with Crippen LogP contribution < -0.4 is 10.6 Å². The van der Waals surface area contributed by atoms with E-state index >= 15 is 0 Å². The molecule has 1 unspecified atom stereocenters. The van der Waals surface area contributed by atoms with Gasteiger partial charge in [-0.05, 0) is 30.9 Å². The van der Waals surface area contributed by atoms with Gasteiger partial charge >= 0.3 is 0 Å². The lowest BCUT2D eigenvalue weighted by atomic mass is 10.0. The first-order valence-corrected chi connectivity index (χ1v) is 10.6. The van der Waals surface area contributed by atoms with Gasteiger partial charge < -0.3 is 20.1 Å². The SMILES string of the molecule is CCNC(=NCc1ccccc1COCC)NCC(C(C)C)N1CCOCC1. The van der Waals surface area contributed by atoms with E-state index in [-0.39, 0.29) is 0 Å². The molecule has 0 aliphatic carbocycles. The summed E-state index contributed by atoms with van der Waals surface area (Å²) < 4.78 is 11.1. The van der Waals surface area contributed by atoms with Crippen molar-refractivity contribution >= 4 is 5.96 Å². The number of aliphatic imine (C=N–C) groups is 1. The largest absolute Gasteiger partial charge is 0.379 e. The van der Waals surface area contributed by atoms with Crippen LogP contribution in [0.5, 0.6) is 0 Å². The molecule has 0 saturated carbocycles. The number of nitrogens with one attached hydrogen (secondary N) is 2. The molecule has 1 saturated heterocycles. The lowest BCUT2D eigenvalue weighted by molar-refractivity contribution is 0.00752. The molecular weight excluding hydrogens is 352 g/mol. The van der Waals surface area contributed by atoms with Crippen LogP contribution in [0.25, 0.3) is 0 Å². The first-order valence-electron chi connectivity index (χ1n) is 10.6. The Morgan fingerprint density at radius 2 is 1.86 bits per heavy atom. The number of ether oxygens (including phenoxy) is 2. The van der Waals surface area contributed by atoms with Crippen LogP contribution in [0.2, 0.25) is 0 Å². The molecule has 1 aliphatic heterocycles. The fourth-order valence-electron chi connectivity index (χ4n) is 3.47. The average Bonchev–Trinajstić information content (AvgIpc) is 2.71. The molecule has 1 aromatic carbocycles. The van der Waals surface area contributed by atoms with Crippen LogP contribution in [0.1, 0.15) is 38.8 Å². The summed E-state index contributed by atoms with van der Waals surface area (Å²) in [6.07, 6.45) is 0. The molecule has 2 rings (SSSR count). The summed E-state index contributed by atoms with van der Waals surface area (Å²) in [5.41, 5.74) is 2.42. The molecule has 0 radical (unpaired) electrons. The Kier molecular flexibility index (Phi) is 10.3. The number of guanidine groups is 1. The van der Waals surface area contributed by atoms with Gasteiger partial charge in [0, 0.05) is 38.8 Å². The monoisotopic (exact) mass is 390 g/mol. The van der Waals surface area contributed by atoms with E-state index in [0.717, 1.165) is 52.0 Å². The number of hydrogen-bond acceptors (Lipinski definition) is 4. The second-order valence-electron chi connectivity index (χ2n) is 7.44. The first-order chi connectivity index (χ1) is 13.7. The Bertz CT molecular complexity index is 586. The molecule has 6 heteroatoms. The maximum absolute atomic E-state index is 5.59. The van der Waals surface area contributed by atoms with Crippen molar-refractivity contribution < 1.29 is 9.47 Å². The second kappa shape index (κ2) is 12.8. The van der Waals surface area contributed by atoms with Gasteiger partial charge in [-0.25, -0.2) is 4.99 Å². The molecule has 6 nitrogen and oxygen atoms in total. The van der Waals surface area contributed by atoms with Crippen LogP contribution in [0.4, 0.5) is 0 Å². The second-order valence-corrected chi connectivity index (χ2v) is 7.44. The predicted molar refractivity (Wildman–Crippen MR) is 116 cm³/mol. The molecule has 0 amide bonds. The van der Waals surface area contributed by atoms with Gasteiger partial charge in [0.05, 0.1) is 26.4 Å². The predicted octanol–water partition coefficient (Wildman–Crippen LogP) is 2.64. The standard InChI is InChI=1S/C22H38N4O2/c1-5-23-22(24-15-19-9-7-8-10-20(19)17-27-6-2)25-16-21(18(3)4)26-11-13-28-14-12-26/h7-10,18,21H,5-6,11-17H2,1-4H3,(H2,23,24,25). The van der Waals surface area contributed by atoms with E-state index in [2.05, 4.69) is 60.6 Å². The molecule has 0 spiro atoms. The van der Waals surface area contributed by atoms with Crippen molar-refractivity contribution in [3.05, 3.63) is 35.4 Å². The minimum absolute atomic E-state index is 0.470. The fourth-order valence-corrected chi connectivity index (χ4v) is 3.47. The van der Waals surface area contributed by atoms with Crippen molar-refractivity contribution in [1.82, 2.24) is 15.5 Å². The molecule has 28 heavy (non-hydrogen) atoms. The highest BCUT2D eigenvalue weighted by Gasteiger charge is 2.23. The van der Waals surface area contributed by atoms with Crippen LogP contribution in [0.15, 0.2) is 29.3 Å². The van der Waals surface area contributed by atoms with Gasteiger partial charge in [-0.2, -0.15) is 0 Å². The summed E-state index contributed by atoms with van der Waals surface area (Å²) in [5.74, 6) is 1.44. The van der Waals surface area contributed by atoms with Crippen LogP contribution in [-0.4, -0.2) is 62.9 Å². The van der Waals surface area contributed by atoms with Crippen LogP contribution in [0.3, 0.4) is 0 Å². The zero-order valence-corrected chi connectivity index (χ0v) is 18.0. The first kappa shape index (κ1) is 22.7. The van der Waals surface area contributed by atoms with E-state index in [4.69, 9.17) is 14.5 Å². The quantitative estimate of drug-likeness (QED) is 0.475. The smallest absolute Gasteiger partial charge is 0.191 e. The van der Waals surface area contributed by atoms with E-state index < -0.39 is 0 Å². The third-order valence-corrected chi connectivity index (χ3v) is 5.09. The van der Waals surface area contributed by atoms with Gasteiger partial charge in [-0.15, -0.1) is 0 Å². The zero-order chi connectivity index (χ0) is 20.2. The van der Waals surface area contributed by atoms with E-state index in [9.17, 15) is 0 Å². The van der Waals surface area contributed by atoms with Gasteiger partial charge in [-0.3, -0.25) is 4.90 Å². The minimum Gasteiger partial charge on any atom is -0.379 e. The Morgan fingerprint density at radius 1 is 1.14 bits per heavy atom. The van der Waals surface area contributed by atoms with E-state index in [1.807, 2.05) is 6.92 Å². The molecule has 158 valence electrons. The van der Waals surface area contributed by atoms with Crippen molar-refractivity contribution in [2.75, 3.05) is 46.0 Å². The number of hydrogen-bond donors (Lipinski definition) is 2. The Morgan fingerprint density at radius 3 is 2.50 bits per heavy atom. The molecular formula is C22H38N4O2. The highest BCUT2D eigenvalue weighted by Crippen LogP contribution is 2.13. The van der Waals surface area contributed by atoms with Crippen molar-refractivity contribution in [2.24, 2.45) is 10.9 Å². The third kappa shape index (κ3) is 7.41. The zero-order valence-electron chi connectivity index (χ0n) is 18.0. The summed E-state index contributed by atoms with van der Waals surface area (Å²) in [5, 5.41) is 6.93. The van der Waals surface area contributed by atoms with Crippen molar-refractivity contribution in [1.29, 1.82) is 0 Å². The van der Waals surface area contributed by atoms with Gasteiger partial charge in [0.15, 0.2) is 5.96 Å². The van der Waals surface area contributed by atoms with Crippen molar-refractivity contribution in [3.63, 3.8) is 0 Å². The van der Waals surface area contributed by atoms with Crippen molar-refractivity contribution in [2.45, 2.75) is 46.9 Å². The molecule has 1 atom stereocenters. The van der Waals surface area contributed by atoms with Gasteiger partial charge in [0.2, 0.25) is 0 Å². The third-order valence-electron chi connectivity index (χ3n) is 5.09. The lowest BCUT2D eigenvalue weighted by Gasteiger charge is -2.37. The van der Waals surface area contributed by atoms with Gasteiger partial charge in [-0.1, -0.05) is 38.1 Å². The van der Waals surface area contributed by atoms with E-state index in [1.165, 1.54) is 11.1 Å². The Hall–Kier alpha value is -1.63. The molecule has 1 fully saturated rings. The maximum Gasteiger partial charge on any atom is 0.191 e. The number of rotatable bonds is 10. The summed E-state index contributed by atoms with van der Waals surface area (Å²) in [4.78, 5) is 7.35. The van der Waals surface area contributed by atoms with Gasteiger partial charge in [0.25, 0.3) is 0 Å². The molecule has 0 bridgehead atoms. The molecule has 1 aromatic rings. The maximum atomic E-state index is 5.59. The highest BCUT2D eigenvalue weighted by molar-refractivity contribution is 5.79. The summed E-state index contributed by atoms with van der Waals surface area (Å²) in [6, 6.07) is 8.84. The molecule has 1 heterocycles. The van der Waals surface area contributed by atoms with E-state index in [1.54, 1.807) is 0 Å². The van der Waals surface area contributed by atoms with Crippen molar-refractivity contribution in [3.8, 4) is 0 Å². The Labute approximate surface area is 170 Å². The number of benzene rings is 1. The van der Waals surface area contributed by atoms with E-state index in [0.29, 0.717) is 25.1 Å². The number of morpholine rings is 1. The highest BCUT2D eigenvalue weighted by atomic mass is 16.5. The van der Waals surface area contributed by atoms with Crippen LogP contribution >= 0.6 is 0 Å². The van der Waals surface area contributed by atoms with Crippen LogP contribution in [0, 0.1) is 5.92 Å². The normalized spacial score (nSPS) is 17.0. The lowest BCUT2D eigenvalue weighted by Crippen LogP contribution is -2.52. The number of nitrogens with zero attached hydrogens (tertiary/aromatic N) is 2. The van der Waals surface area contributed by atoms with Gasteiger partial charge in [0.1, 0.15) is 0 Å². The van der Waals surface area contributed by atoms with Crippen LogP contribution in [-0.2, 0) is 22.6 Å². The average molecular weight is 391 g/mol. The summed E-state index contributed by atoms with van der Waals surface area (Å²) in [7, 11) is 0. The molecule has 0 aromatic heterocycles. The Balaban J connectivity index is 1.99. The molecule has 1 aliphatic rings. The molecule has 2 N–H and O–H groups in total. The topological polar surface area (TPSA) is 58.1 Å². The summed E-state index contributed by atoms with van der Waals surface area (Å²) in [6.45, 7) is 16.1. The fraction of sp³-hybridized carbons (Fsp3) is 0.682.